The second-order valence-corrected chi connectivity index (χ2v) is 7.54. The van der Waals surface area contributed by atoms with Gasteiger partial charge in [0.25, 0.3) is 11.6 Å². The van der Waals surface area contributed by atoms with E-state index in [-0.39, 0.29) is 34.8 Å². The van der Waals surface area contributed by atoms with E-state index in [9.17, 15) is 14.9 Å². The van der Waals surface area contributed by atoms with Crippen molar-refractivity contribution < 1.29 is 18.9 Å². The number of amides is 1. The number of nitrogens with zero attached hydrogens (tertiary/aromatic N) is 4. The number of aromatic nitrogens is 3. The van der Waals surface area contributed by atoms with Crippen molar-refractivity contribution in [2.24, 2.45) is 0 Å². The molecule has 0 saturated carbocycles. The zero-order chi connectivity index (χ0) is 23.4. The van der Waals surface area contributed by atoms with Gasteiger partial charge in [-0.15, -0.1) is 5.10 Å². The van der Waals surface area contributed by atoms with Gasteiger partial charge in [-0.05, 0) is 30.7 Å². The molecule has 0 aliphatic carbocycles. The van der Waals surface area contributed by atoms with E-state index in [0.717, 1.165) is 11.1 Å². The molecule has 0 saturated heterocycles. The first-order chi connectivity index (χ1) is 15.9. The van der Waals surface area contributed by atoms with Crippen LogP contribution in [0.5, 0.6) is 5.75 Å². The number of nitrogens with one attached hydrogen (secondary N) is 1. The number of nitro groups is 1. The Morgan fingerprint density at radius 1 is 1.24 bits per heavy atom. The van der Waals surface area contributed by atoms with Crippen molar-refractivity contribution in [1.29, 1.82) is 0 Å². The highest BCUT2D eigenvalue weighted by Gasteiger charge is 2.15. The van der Waals surface area contributed by atoms with Crippen molar-refractivity contribution in [2.45, 2.75) is 20.1 Å². The highest BCUT2D eigenvalue weighted by molar-refractivity contribution is 6.32. The van der Waals surface area contributed by atoms with Crippen LogP contribution < -0.4 is 10.1 Å². The molecule has 1 N–H and O–H groups in total. The van der Waals surface area contributed by atoms with Gasteiger partial charge in [-0.1, -0.05) is 41.4 Å². The fourth-order valence-electron chi connectivity index (χ4n) is 3.04. The molecule has 2 aromatic carbocycles. The second-order valence-electron chi connectivity index (χ2n) is 7.14. The quantitative estimate of drug-likeness (QED) is 0.296. The summed E-state index contributed by atoms with van der Waals surface area (Å²) in [5.74, 6) is 0.321. The highest BCUT2D eigenvalue weighted by atomic mass is 35.5. The molecule has 0 aliphatic heterocycles. The summed E-state index contributed by atoms with van der Waals surface area (Å²) in [5.41, 5.74) is 2.08. The molecule has 0 fully saturated rings. The summed E-state index contributed by atoms with van der Waals surface area (Å²) in [6.45, 7) is 2.52. The smallest absolute Gasteiger partial charge is 0.293 e. The van der Waals surface area contributed by atoms with Crippen LogP contribution in [0.15, 0.2) is 65.3 Å². The zero-order valence-electron chi connectivity index (χ0n) is 17.4. The molecule has 33 heavy (non-hydrogen) atoms. The van der Waals surface area contributed by atoms with Crippen molar-refractivity contribution in [3.05, 3.63) is 98.7 Å². The molecule has 4 rings (SSSR count). The number of aryl methyl sites for hydroxylation is 1. The number of furan rings is 1. The van der Waals surface area contributed by atoms with E-state index in [4.69, 9.17) is 20.8 Å². The van der Waals surface area contributed by atoms with Crippen LogP contribution in [0.2, 0.25) is 5.02 Å². The SMILES string of the molecule is Cc1cccc(Cn2cnc(NC(=O)c3ccc(COc4ccc([N+](=O)[O-])cc4Cl)o3)n2)c1. The van der Waals surface area contributed by atoms with Gasteiger partial charge in [0.2, 0.25) is 5.95 Å². The summed E-state index contributed by atoms with van der Waals surface area (Å²) in [6, 6.07) is 15.0. The van der Waals surface area contributed by atoms with E-state index >= 15 is 0 Å². The number of non-ortho nitro benzene ring substituents is 1. The molecule has 2 heterocycles. The largest absolute Gasteiger partial charge is 0.484 e. The van der Waals surface area contributed by atoms with Gasteiger partial charge < -0.3 is 9.15 Å². The molecule has 1 amide bonds. The molecular formula is C22H18ClN5O5. The molecule has 168 valence electrons. The summed E-state index contributed by atoms with van der Waals surface area (Å²) in [6.07, 6.45) is 1.54. The van der Waals surface area contributed by atoms with Gasteiger partial charge in [-0.3, -0.25) is 20.2 Å². The van der Waals surface area contributed by atoms with Crippen LogP contribution in [0.4, 0.5) is 11.6 Å². The summed E-state index contributed by atoms with van der Waals surface area (Å²) < 4.78 is 12.7. The predicted molar refractivity (Wildman–Crippen MR) is 119 cm³/mol. The van der Waals surface area contributed by atoms with Gasteiger partial charge in [0.1, 0.15) is 24.4 Å². The lowest BCUT2D eigenvalue weighted by Gasteiger charge is -2.06. The fourth-order valence-corrected chi connectivity index (χ4v) is 3.26. The van der Waals surface area contributed by atoms with Gasteiger partial charge in [-0.2, -0.15) is 0 Å². The van der Waals surface area contributed by atoms with Crippen LogP contribution in [0, 0.1) is 17.0 Å². The van der Waals surface area contributed by atoms with Gasteiger partial charge >= 0.3 is 0 Å². The standard InChI is InChI=1S/C22H18ClN5O5/c1-14-3-2-4-15(9-14)11-27-13-24-22(26-27)25-21(29)20-8-6-17(33-20)12-32-19-7-5-16(28(30)31)10-18(19)23/h2-10,13H,11-12H2,1H3,(H,25,26,29). The average molecular weight is 468 g/mol. The fraction of sp³-hybridized carbons (Fsp3) is 0.136. The summed E-state index contributed by atoms with van der Waals surface area (Å²) in [4.78, 5) is 26.8. The molecule has 0 radical (unpaired) electrons. The first-order valence-corrected chi connectivity index (χ1v) is 10.2. The Kier molecular flexibility index (Phi) is 6.36. The normalized spacial score (nSPS) is 10.7. The van der Waals surface area contributed by atoms with Crippen molar-refractivity contribution in [1.82, 2.24) is 14.8 Å². The Bertz CT molecular complexity index is 1320. The molecule has 0 unspecified atom stereocenters. The highest BCUT2D eigenvalue weighted by Crippen LogP contribution is 2.29. The third kappa shape index (κ3) is 5.55. The van der Waals surface area contributed by atoms with Gasteiger partial charge in [0.15, 0.2) is 5.76 Å². The van der Waals surface area contributed by atoms with Crippen molar-refractivity contribution in [2.75, 3.05) is 5.32 Å². The maximum atomic E-state index is 12.4. The number of carbonyl (C=O) groups excluding carboxylic acids is 1. The number of nitro benzene ring substituents is 1. The average Bonchev–Trinajstić information content (AvgIpc) is 3.42. The predicted octanol–water partition coefficient (Wildman–Crippen LogP) is 4.62. The van der Waals surface area contributed by atoms with E-state index in [0.29, 0.717) is 12.3 Å². The molecule has 0 aliphatic rings. The Morgan fingerprint density at radius 3 is 2.85 bits per heavy atom. The lowest BCUT2D eigenvalue weighted by Crippen LogP contribution is -2.12. The molecular weight excluding hydrogens is 450 g/mol. The Labute approximate surface area is 192 Å². The molecule has 0 spiro atoms. The van der Waals surface area contributed by atoms with Crippen LogP contribution in [-0.4, -0.2) is 25.6 Å². The number of benzene rings is 2. The van der Waals surface area contributed by atoms with Gasteiger partial charge in [0.05, 0.1) is 16.5 Å². The Balaban J connectivity index is 1.34. The van der Waals surface area contributed by atoms with Crippen molar-refractivity contribution in [3.63, 3.8) is 0 Å². The molecule has 4 aromatic rings. The number of hydrogen-bond donors (Lipinski definition) is 1. The third-order valence-corrected chi connectivity index (χ3v) is 4.87. The lowest BCUT2D eigenvalue weighted by atomic mass is 10.1. The summed E-state index contributed by atoms with van der Waals surface area (Å²) in [7, 11) is 0. The minimum Gasteiger partial charge on any atom is -0.484 e. The van der Waals surface area contributed by atoms with Gasteiger partial charge in [0, 0.05) is 12.1 Å². The number of rotatable bonds is 8. The number of halogens is 1. The monoisotopic (exact) mass is 467 g/mol. The summed E-state index contributed by atoms with van der Waals surface area (Å²) in [5, 5.41) is 17.7. The lowest BCUT2D eigenvalue weighted by molar-refractivity contribution is -0.384. The minimum absolute atomic E-state index is 0.0197. The molecule has 2 aromatic heterocycles. The summed E-state index contributed by atoms with van der Waals surface area (Å²) >= 11 is 6.01. The molecule has 0 bridgehead atoms. The topological polar surface area (TPSA) is 125 Å². The van der Waals surface area contributed by atoms with Crippen molar-refractivity contribution >= 4 is 29.1 Å². The van der Waals surface area contributed by atoms with Crippen LogP contribution in [0.1, 0.15) is 27.4 Å². The van der Waals surface area contributed by atoms with E-state index in [1.807, 2.05) is 25.1 Å². The third-order valence-electron chi connectivity index (χ3n) is 4.57. The first kappa shape index (κ1) is 22.0. The number of ether oxygens (including phenoxy) is 1. The second kappa shape index (κ2) is 9.53. The van der Waals surface area contributed by atoms with E-state index < -0.39 is 10.8 Å². The Hall–Kier alpha value is -4.18. The van der Waals surface area contributed by atoms with Crippen LogP contribution in [0.3, 0.4) is 0 Å². The molecule has 10 nitrogen and oxygen atoms in total. The maximum absolute atomic E-state index is 12.4. The minimum atomic E-state index is -0.548. The van der Waals surface area contributed by atoms with Crippen LogP contribution in [0.25, 0.3) is 0 Å². The molecule has 11 heteroatoms. The van der Waals surface area contributed by atoms with Gasteiger partial charge in [-0.25, -0.2) is 9.67 Å². The number of anilines is 1. The first-order valence-electron chi connectivity index (χ1n) is 9.79. The molecule has 0 atom stereocenters. The Morgan fingerprint density at radius 2 is 2.09 bits per heavy atom. The zero-order valence-corrected chi connectivity index (χ0v) is 18.2. The van der Waals surface area contributed by atoms with E-state index in [1.165, 1.54) is 30.6 Å². The number of carbonyl (C=O) groups is 1. The van der Waals surface area contributed by atoms with E-state index in [2.05, 4.69) is 21.5 Å². The van der Waals surface area contributed by atoms with Crippen LogP contribution in [-0.2, 0) is 13.2 Å². The number of hydrogen-bond acceptors (Lipinski definition) is 7. The maximum Gasteiger partial charge on any atom is 0.293 e. The van der Waals surface area contributed by atoms with Crippen molar-refractivity contribution in [3.8, 4) is 5.75 Å². The van der Waals surface area contributed by atoms with Crippen LogP contribution >= 0.6 is 11.6 Å². The van der Waals surface area contributed by atoms with E-state index in [1.54, 1.807) is 10.7 Å².